The maximum Gasteiger partial charge on any atom is 0.252 e. The van der Waals surface area contributed by atoms with Crippen LogP contribution in [0, 0.1) is 0 Å². The second kappa shape index (κ2) is 5.45. The predicted octanol–water partition coefficient (Wildman–Crippen LogP) is 0.488. The van der Waals surface area contributed by atoms with E-state index >= 15 is 0 Å². The molecule has 17 heavy (non-hydrogen) atoms. The Kier molecular flexibility index (Phi) is 4.16. The van der Waals surface area contributed by atoms with Gasteiger partial charge in [0.15, 0.2) is 0 Å². The number of thiophene rings is 1. The first kappa shape index (κ1) is 13.0. The highest BCUT2D eigenvalue weighted by molar-refractivity contribution is 7.91. The molecule has 0 aromatic carbocycles. The Bertz CT molecular complexity index is 464. The fourth-order valence-corrected chi connectivity index (χ4v) is 4.61. The lowest BCUT2D eigenvalue weighted by Gasteiger charge is -2.25. The summed E-state index contributed by atoms with van der Waals surface area (Å²) in [6, 6.07) is 3.54. The minimum absolute atomic E-state index is 0.421. The second-order valence-corrected chi connectivity index (χ2v) is 7.10. The van der Waals surface area contributed by atoms with Crippen molar-refractivity contribution in [1.82, 2.24) is 9.62 Å². The third kappa shape index (κ3) is 2.86. The number of morpholine rings is 1. The van der Waals surface area contributed by atoms with Crippen molar-refractivity contribution in [2.24, 2.45) is 0 Å². The minimum Gasteiger partial charge on any atom is -0.379 e. The van der Waals surface area contributed by atoms with Gasteiger partial charge in [0.2, 0.25) is 0 Å². The first-order valence-corrected chi connectivity index (χ1v) is 7.71. The molecule has 2 rings (SSSR count). The van der Waals surface area contributed by atoms with E-state index in [0.717, 1.165) is 4.88 Å². The van der Waals surface area contributed by atoms with E-state index in [1.54, 1.807) is 6.07 Å². The van der Waals surface area contributed by atoms with Crippen LogP contribution in [0.2, 0.25) is 0 Å². The molecule has 1 N–H and O–H groups in total. The van der Waals surface area contributed by atoms with E-state index in [1.165, 1.54) is 15.6 Å². The van der Waals surface area contributed by atoms with Gasteiger partial charge in [-0.1, -0.05) is 0 Å². The van der Waals surface area contributed by atoms with Crippen molar-refractivity contribution in [2.45, 2.75) is 10.8 Å². The summed E-state index contributed by atoms with van der Waals surface area (Å²) in [7, 11) is -1.47. The quantitative estimate of drug-likeness (QED) is 0.869. The lowest BCUT2D eigenvalue weighted by Crippen LogP contribution is -2.40. The summed E-state index contributed by atoms with van der Waals surface area (Å²) < 4.78 is 31.6. The average molecular weight is 276 g/mol. The fraction of sp³-hybridized carbons (Fsp3) is 0.600. The van der Waals surface area contributed by atoms with E-state index in [-0.39, 0.29) is 0 Å². The molecule has 0 unspecified atom stereocenters. The largest absolute Gasteiger partial charge is 0.379 e. The second-order valence-electron chi connectivity index (χ2n) is 3.77. The van der Waals surface area contributed by atoms with Crippen LogP contribution in [0.4, 0.5) is 0 Å². The standard InChI is InChI=1S/C10H16N2O3S2/c1-11-8-9-2-3-10(16-9)17(13,14)12-4-6-15-7-5-12/h2-3,11H,4-8H2,1H3. The van der Waals surface area contributed by atoms with Gasteiger partial charge in [0, 0.05) is 24.5 Å². The SMILES string of the molecule is CNCc1ccc(S(=O)(=O)N2CCOCC2)s1. The van der Waals surface area contributed by atoms with Gasteiger partial charge in [-0.2, -0.15) is 4.31 Å². The minimum atomic E-state index is -3.32. The summed E-state index contributed by atoms with van der Waals surface area (Å²) in [6.07, 6.45) is 0. The van der Waals surface area contributed by atoms with Crippen molar-refractivity contribution in [2.75, 3.05) is 33.4 Å². The molecular formula is C10H16N2O3S2. The van der Waals surface area contributed by atoms with Crippen LogP contribution in [0.15, 0.2) is 16.3 Å². The van der Waals surface area contributed by atoms with Gasteiger partial charge in [0.1, 0.15) is 4.21 Å². The zero-order valence-corrected chi connectivity index (χ0v) is 11.3. The molecule has 0 saturated carbocycles. The topological polar surface area (TPSA) is 58.6 Å². The van der Waals surface area contributed by atoms with Gasteiger partial charge in [0.25, 0.3) is 10.0 Å². The van der Waals surface area contributed by atoms with Gasteiger partial charge in [-0.15, -0.1) is 11.3 Å². The van der Waals surface area contributed by atoms with Crippen molar-refractivity contribution in [3.63, 3.8) is 0 Å². The molecule has 1 fully saturated rings. The van der Waals surface area contributed by atoms with E-state index in [2.05, 4.69) is 5.32 Å². The molecule has 1 saturated heterocycles. The maximum atomic E-state index is 12.3. The number of nitrogens with one attached hydrogen (secondary N) is 1. The third-order valence-electron chi connectivity index (χ3n) is 2.55. The molecule has 5 nitrogen and oxygen atoms in total. The summed E-state index contributed by atoms with van der Waals surface area (Å²) in [5.74, 6) is 0. The molecular weight excluding hydrogens is 260 g/mol. The van der Waals surface area contributed by atoms with E-state index in [9.17, 15) is 8.42 Å². The molecule has 2 heterocycles. The maximum absolute atomic E-state index is 12.3. The average Bonchev–Trinajstić information content (AvgIpc) is 2.80. The first-order chi connectivity index (χ1) is 8.14. The molecule has 0 spiro atoms. The van der Waals surface area contributed by atoms with Crippen molar-refractivity contribution in [1.29, 1.82) is 0 Å². The number of hydrogen-bond donors (Lipinski definition) is 1. The molecule has 0 amide bonds. The normalized spacial score (nSPS) is 18.4. The number of rotatable bonds is 4. The van der Waals surface area contributed by atoms with Crippen molar-refractivity contribution < 1.29 is 13.2 Å². The van der Waals surface area contributed by atoms with Gasteiger partial charge < -0.3 is 10.1 Å². The van der Waals surface area contributed by atoms with E-state index in [1.807, 2.05) is 13.1 Å². The van der Waals surface area contributed by atoms with Crippen LogP contribution in [-0.2, 0) is 21.3 Å². The molecule has 0 radical (unpaired) electrons. The summed E-state index contributed by atoms with van der Waals surface area (Å²) in [4.78, 5) is 1.03. The van der Waals surface area contributed by atoms with Crippen LogP contribution >= 0.6 is 11.3 Å². The molecule has 0 atom stereocenters. The van der Waals surface area contributed by atoms with Crippen molar-refractivity contribution in [3.8, 4) is 0 Å². The van der Waals surface area contributed by atoms with Crippen LogP contribution in [0.5, 0.6) is 0 Å². The lowest BCUT2D eigenvalue weighted by atomic mass is 10.5. The van der Waals surface area contributed by atoms with Crippen LogP contribution in [0.25, 0.3) is 0 Å². The van der Waals surface area contributed by atoms with Crippen LogP contribution in [0.1, 0.15) is 4.88 Å². The Balaban J connectivity index is 2.18. The molecule has 1 aliphatic rings. The number of hydrogen-bond acceptors (Lipinski definition) is 5. The van der Waals surface area contributed by atoms with Crippen LogP contribution in [-0.4, -0.2) is 46.1 Å². The van der Waals surface area contributed by atoms with Crippen LogP contribution in [0.3, 0.4) is 0 Å². The van der Waals surface area contributed by atoms with Gasteiger partial charge in [-0.3, -0.25) is 0 Å². The molecule has 0 bridgehead atoms. The summed E-state index contributed by atoms with van der Waals surface area (Å²) >= 11 is 1.33. The Labute approximate surface area is 105 Å². The lowest BCUT2D eigenvalue weighted by molar-refractivity contribution is 0.0731. The summed E-state index contributed by atoms with van der Waals surface area (Å²) in [5, 5.41) is 3.01. The highest BCUT2D eigenvalue weighted by Crippen LogP contribution is 2.25. The van der Waals surface area contributed by atoms with E-state index in [0.29, 0.717) is 37.1 Å². The van der Waals surface area contributed by atoms with Gasteiger partial charge >= 0.3 is 0 Å². The van der Waals surface area contributed by atoms with E-state index < -0.39 is 10.0 Å². The number of sulfonamides is 1. The third-order valence-corrected chi connectivity index (χ3v) is 6.00. The molecule has 0 aliphatic carbocycles. The highest BCUT2D eigenvalue weighted by atomic mass is 32.2. The zero-order valence-electron chi connectivity index (χ0n) is 9.68. The van der Waals surface area contributed by atoms with Gasteiger partial charge in [-0.05, 0) is 19.2 Å². The predicted molar refractivity (Wildman–Crippen MR) is 66.7 cm³/mol. The van der Waals surface area contributed by atoms with Gasteiger partial charge in [0.05, 0.1) is 13.2 Å². The van der Waals surface area contributed by atoms with Gasteiger partial charge in [-0.25, -0.2) is 8.42 Å². The number of nitrogens with zero attached hydrogens (tertiary/aromatic N) is 1. The highest BCUT2D eigenvalue weighted by Gasteiger charge is 2.27. The van der Waals surface area contributed by atoms with Crippen molar-refractivity contribution in [3.05, 3.63) is 17.0 Å². The van der Waals surface area contributed by atoms with Crippen molar-refractivity contribution >= 4 is 21.4 Å². The Morgan fingerprint density at radius 1 is 1.41 bits per heavy atom. The first-order valence-electron chi connectivity index (χ1n) is 5.46. The Hall–Kier alpha value is -0.470. The summed E-state index contributed by atoms with van der Waals surface area (Å²) in [6.45, 7) is 2.55. The molecule has 1 aromatic heterocycles. The Morgan fingerprint density at radius 3 is 2.76 bits per heavy atom. The molecule has 1 aliphatic heterocycles. The monoisotopic (exact) mass is 276 g/mol. The molecule has 1 aromatic rings. The van der Waals surface area contributed by atoms with E-state index in [4.69, 9.17) is 4.74 Å². The Morgan fingerprint density at radius 2 is 2.12 bits per heavy atom. The smallest absolute Gasteiger partial charge is 0.252 e. The zero-order chi connectivity index (χ0) is 12.3. The molecule has 96 valence electrons. The fourth-order valence-electron chi connectivity index (χ4n) is 1.68. The summed E-state index contributed by atoms with van der Waals surface area (Å²) in [5.41, 5.74) is 0. The molecule has 7 heteroatoms. The number of ether oxygens (including phenoxy) is 1. The van der Waals surface area contributed by atoms with Crippen LogP contribution < -0.4 is 5.32 Å².